The lowest BCUT2D eigenvalue weighted by Crippen LogP contribution is -2.22. The van der Waals surface area contributed by atoms with Gasteiger partial charge in [0.15, 0.2) is 0 Å². The lowest BCUT2D eigenvalue weighted by molar-refractivity contribution is 0.182. The quantitative estimate of drug-likeness (QED) is 0.853. The van der Waals surface area contributed by atoms with Gasteiger partial charge in [-0.2, -0.15) is 0 Å². The van der Waals surface area contributed by atoms with E-state index in [9.17, 15) is 5.11 Å². The topological polar surface area (TPSA) is 45.4 Å². The molecule has 0 saturated carbocycles. The van der Waals surface area contributed by atoms with Crippen LogP contribution < -0.4 is 5.32 Å². The van der Waals surface area contributed by atoms with Crippen LogP contribution in [-0.4, -0.2) is 17.8 Å². The molecule has 2 atom stereocenters. The molecule has 0 aliphatic heterocycles. The third-order valence-electron chi connectivity index (χ3n) is 3.29. The maximum absolute atomic E-state index is 9.24. The Labute approximate surface area is 108 Å². The van der Waals surface area contributed by atoms with Gasteiger partial charge in [-0.15, -0.1) is 0 Å². The van der Waals surface area contributed by atoms with Crippen LogP contribution in [0, 0.1) is 6.92 Å². The zero-order chi connectivity index (χ0) is 13.1. The highest BCUT2D eigenvalue weighted by molar-refractivity contribution is 5.82. The Morgan fingerprint density at radius 3 is 2.67 bits per heavy atom. The SMILES string of the molecule is Cc1c(C(C)NCCC(C)O)oc2ccccc12. The third-order valence-corrected chi connectivity index (χ3v) is 3.29. The first-order valence-electron chi connectivity index (χ1n) is 6.49. The minimum atomic E-state index is -0.263. The van der Waals surface area contributed by atoms with Crippen molar-refractivity contribution < 1.29 is 9.52 Å². The monoisotopic (exact) mass is 247 g/mol. The lowest BCUT2D eigenvalue weighted by atomic mass is 10.1. The van der Waals surface area contributed by atoms with Gasteiger partial charge in [-0.3, -0.25) is 0 Å². The highest BCUT2D eigenvalue weighted by Gasteiger charge is 2.15. The molecule has 18 heavy (non-hydrogen) atoms. The molecule has 1 aromatic heterocycles. The van der Waals surface area contributed by atoms with Gasteiger partial charge in [-0.25, -0.2) is 0 Å². The molecule has 98 valence electrons. The van der Waals surface area contributed by atoms with Gasteiger partial charge in [-0.05, 0) is 45.4 Å². The average Bonchev–Trinajstić information content (AvgIpc) is 2.67. The van der Waals surface area contributed by atoms with E-state index in [4.69, 9.17) is 4.42 Å². The molecule has 0 fully saturated rings. The van der Waals surface area contributed by atoms with Crippen molar-refractivity contribution in [3.63, 3.8) is 0 Å². The van der Waals surface area contributed by atoms with E-state index >= 15 is 0 Å². The molecule has 2 N–H and O–H groups in total. The highest BCUT2D eigenvalue weighted by Crippen LogP contribution is 2.28. The molecule has 0 aliphatic carbocycles. The summed E-state index contributed by atoms with van der Waals surface area (Å²) >= 11 is 0. The number of benzene rings is 1. The normalized spacial score (nSPS) is 14.9. The van der Waals surface area contributed by atoms with E-state index in [2.05, 4.69) is 25.2 Å². The molecule has 2 rings (SSSR count). The number of rotatable bonds is 5. The van der Waals surface area contributed by atoms with E-state index in [1.807, 2.05) is 18.2 Å². The maximum Gasteiger partial charge on any atom is 0.134 e. The number of para-hydroxylation sites is 1. The van der Waals surface area contributed by atoms with Gasteiger partial charge >= 0.3 is 0 Å². The van der Waals surface area contributed by atoms with Crippen LogP contribution in [0.2, 0.25) is 0 Å². The predicted octanol–water partition coefficient (Wildman–Crippen LogP) is 3.16. The zero-order valence-corrected chi connectivity index (χ0v) is 11.2. The number of fused-ring (bicyclic) bond motifs is 1. The molecule has 0 bridgehead atoms. The third kappa shape index (κ3) is 2.74. The zero-order valence-electron chi connectivity index (χ0n) is 11.2. The summed E-state index contributed by atoms with van der Waals surface area (Å²) in [5, 5.41) is 13.8. The van der Waals surface area contributed by atoms with E-state index in [-0.39, 0.29) is 12.1 Å². The Morgan fingerprint density at radius 2 is 2.00 bits per heavy atom. The maximum atomic E-state index is 9.24. The standard InChI is InChI=1S/C15H21NO2/c1-10(17)8-9-16-12(3)15-11(2)13-6-4-5-7-14(13)18-15/h4-7,10,12,16-17H,8-9H2,1-3H3. The number of aliphatic hydroxyl groups excluding tert-OH is 1. The number of nitrogens with one attached hydrogen (secondary N) is 1. The summed E-state index contributed by atoms with van der Waals surface area (Å²) in [6.45, 7) is 6.77. The highest BCUT2D eigenvalue weighted by atomic mass is 16.3. The number of hydrogen-bond donors (Lipinski definition) is 2. The van der Waals surface area contributed by atoms with Crippen LogP contribution in [0.15, 0.2) is 28.7 Å². The summed E-state index contributed by atoms with van der Waals surface area (Å²) < 4.78 is 5.89. The van der Waals surface area contributed by atoms with E-state index in [1.54, 1.807) is 6.92 Å². The molecule has 0 aliphatic rings. The minimum absolute atomic E-state index is 0.163. The Hall–Kier alpha value is -1.32. The Morgan fingerprint density at radius 1 is 1.28 bits per heavy atom. The van der Waals surface area contributed by atoms with Gasteiger partial charge in [0, 0.05) is 5.39 Å². The molecule has 3 heteroatoms. The van der Waals surface area contributed by atoms with Crippen molar-refractivity contribution in [1.29, 1.82) is 0 Å². The molecular formula is C15H21NO2. The number of aliphatic hydroxyl groups is 1. The average molecular weight is 247 g/mol. The van der Waals surface area contributed by atoms with Crippen molar-refractivity contribution in [2.45, 2.75) is 39.3 Å². The summed E-state index contributed by atoms with van der Waals surface area (Å²) in [4.78, 5) is 0. The molecular weight excluding hydrogens is 226 g/mol. The van der Waals surface area contributed by atoms with E-state index in [0.29, 0.717) is 0 Å². The minimum Gasteiger partial charge on any atom is -0.459 e. The number of hydrogen-bond acceptors (Lipinski definition) is 3. The molecule has 1 aromatic carbocycles. The fourth-order valence-corrected chi connectivity index (χ4v) is 2.21. The summed E-state index contributed by atoms with van der Waals surface area (Å²) in [5.41, 5.74) is 2.14. The summed E-state index contributed by atoms with van der Waals surface area (Å²) in [6, 6.07) is 8.26. The van der Waals surface area contributed by atoms with Crippen molar-refractivity contribution in [2.24, 2.45) is 0 Å². The first-order valence-corrected chi connectivity index (χ1v) is 6.49. The van der Waals surface area contributed by atoms with Crippen molar-refractivity contribution in [3.05, 3.63) is 35.6 Å². The van der Waals surface area contributed by atoms with Gasteiger partial charge in [-0.1, -0.05) is 18.2 Å². The molecule has 3 nitrogen and oxygen atoms in total. The second-order valence-electron chi connectivity index (χ2n) is 4.90. The lowest BCUT2D eigenvalue weighted by Gasteiger charge is -2.13. The number of furan rings is 1. The fourth-order valence-electron chi connectivity index (χ4n) is 2.21. The summed E-state index contributed by atoms with van der Waals surface area (Å²) in [5.74, 6) is 0.988. The van der Waals surface area contributed by atoms with Gasteiger partial charge in [0.25, 0.3) is 0 Å². The van der Waals surface area contributed by atoms with Crippen molar-refractivity contribution >= 4 is 11.0 Å². The molecule has 0 radical (unpaired) electrons. The van der Waals surface area contributed by atoms with Crippen LogP contribution in [0.4, 0.5) is 0 Å². The second-order valence-corrected chi connectivity index (χ2v) is 4.90. The Balaban J connectivity index is 2.12. The van der Waals surface area contributed by atoms with Crippen LogP contribution >= 0.6 is 0 Å². The molecule has 0 spiro atoms. The van der Waals surface area contributed by atoms with Crippen LogP contribution in [0.1, 0.15) is 37.6 Å². The van der Waals surface area contributed by atoms with Gasteiger partial charge in [0.05, 0.1) is 12.1 Å². The summed E-state index contributed by atoms with van der Waals surface area (Å²) in [7, 11) is 0. The van der Waals surface area contributed by atoms with E-state index in [1.165, 1.54) is 10.9 Å². The first kappa shape index (κ1) is 13.1. The van der Waals surface area contributed by atoms with Crippen LogP contribution in [0.3, 0.4) is 0 Å². The van der Waals surface area contributed by atoms with E-state index in [0.717, 1.165) is 24.3 Å². The van der Waals surface area contributed by atoms with Gasteiger partial charge in [0.2, 0.25) is 0 Å². The van der Waals surface area contributed by atoms with Crippen molar-refractivity contribution in [3.8, 4) is 0 Å². The smallest absolute Gasteiger partial charge is 0.134 e. The molecule has 2 unspecified atom stereocenters. The first-order chi connectivity index (χ1) is 8.59. The van der Waals surface area contributed by atoms with Crippen LogP contribution in [0.5, 0.6) is 0 Å². The van der Waals surface area contributed by atoms with Gasteiger partial charge < -0.3 is 14.8 Å². The summed E-state index contributed by atoms with van der Waals surface area (Å²) in [6.07, 6.45) is 0.491. The fraction of sp³-hybridized carbons (Fsp3) is 0.467. The number of aryl methyl sites for hydroxylation is 1. The van der Waals surface area contributed by atoms with Crippen molar-refractivity contribution in [2.75, 3.05) is 6.54 Å². The molecule has 0 saturated heterocycles. The van der Waals surface area contributed by atoms with Gasteiger partial charge in [0.1, 0.15) is 11.3 Å². The molecule has 0 amide bonds. The Kier molecular flexibility index (Phi) is 4.04. The van der Waals surface area contributed by atoms with Crippen molar-refractivity contribution in [1.82, 2.24) is 5.32 Å². The van der Waals surface area contributed by atoms with Crippen LogP contribution in [0.25, 0.3) is 11.0 Å². The largest absolute Gasteiger partial charge is 0.459 e. The second kappa shape index (κ2) is 5.55. The predicted molar refractivity (Wildman–Crippen MR) is 73.7 cm³/mol. The van der Waals surface area contributed by atoms with Crippen LogP contribution in [-0.2, 0) is 0 Å². The molecule has 1 heterocycles. The Bertz CT molecular complexity index is 516. The molecule has 2 aromatic rings. The van der Waals surface area contributed by atoms with E-state index < -0.39 is 0 Å².